The van der Waals surface area contributed by atoms with Crippen molar-refractivity contribution in [2.24, 2.45) is 5.92 Å². The van der Waals surface area contributed by atoms with E-state index in [-0.39, 0.29) is 18.5 Å². The standard InChI is InChI=1S/C15H28N4O3S/c1-14(11-16)12-17(2)23(20,21)19-6-4-3-5-15(19)13-18-7-9-22-10-8-18/h14-15H,3-10,12-13H2,1-2H3/t14-,15-/m1/s1. The van der Waals surface area contributed by atoms with Gasteiger partial charge in [0.15, 0.2) is 0 Å². The monoisotopic (exact) mass is 344 g/mol. The molecule has 2 aliphatic rings. The molecule has 132 valence electrons. The largest absolute Gasteiger partial charge is 0.379 e. The summed E-state index contributed by atoms with van der Waals surface area (Å²) < 4.78 is 34.1. The van der Waals surface area contributed by atoms with Gasteiger partial charge in [0, 0.05) is 45.8 Å². The third kappa shape index (κ3) is 4.88. The molecule has 0 aromatic heterocycles. The van der Waals surface area contributed by atoms with E-state index in [1.165, 1.54) is 4.31 Å². The number of hydrogen-bond donors (Lipinski definition) is 0. The number of hydrogen-bond acceptors (Lipinski definition) is 5. The molecule has 0 N–H and O–H groups in total. The maximum Gasteiger partial charge on any atom is 0.282 e. The third-order valence-electron chi connectivity index (χ3n) is 4.59. The molecule has 0 saturated carbocycles. The van der Waals surface area contributed by atoms with Gasteiger partial charge in [0.1, 0.15) is 0 Å². The van der Waals surface area contributed by atoms with Crippen LogP contribution in [0.3, 0.4) is 0 Å². The summed E-state index contributed by atoms with van der Waals surface area (Å²) in [5.74, 6) is -0.308. The van der Waals surface area contributed by atoms with Crippen LogP contribution < -0.4 is 0 Å². The predicted octanol–water partition coefficient (Wildman–Crippen LogP) is 0.509. The molecule has 0 amide bonds. The Morgan fingerprint density at radius 2 is 2.00 bits per heavy atom. The lowest BCUT2D eigenvalue weighted by atomic mass is 10.0. The highest BCUT2D eigenvalue weighted by atomic mass is 32.2. The summed E-state index contributed by atoms with van der Waals surface area (Å²) in [7, 11) is -1.94. The fraction of sp³-hybridized carbons (Fsp3) is 0.933. The second-order valence-corrected chi connectivity index (χ2v) is 8.48. The van der Waals surface area contributed by atoms with Crippen LogP contribution in [0.15, 0.2) is 0 Å². The minimum atomic E-state index is -3.51. The van der Waals surface area contributed by atoms with Crippen LogP contribution in [0.5, 0.6) is 0 Å². The first-order chi connectivity index (χ1) is 10.9. The van der Waals surface area contributed by atoms with Crippen molar-refractivity contribution in [3.8, 4) is 6.07 Å². The maximum atomic E-state index is 12.9. The lowest BCUT2D eigenvalue weighted by molar-refractivity contribution is 0.0258. The van der Waals surface area contributed by atoms with E-state index in [4.69, 9.17) is 10.00 Å². The first-order valence-corrected chi connectivity index (χ1v) is 9.77. The molecule has 0 spiro atoms. The molecule has 2 aliphatic heterocycles. The quantitative estimate of drug-likeness (QED) is 0.702. The van der Waals surface area contributed by atoms with Crippen molar-refractivity contribution in [3.63, 3.8) is 0 Å². The minimum absolute atomic E-state index is 0.0201. The topological polar surface area (TPSA) is 76.9 Å². The Morgan fingerprint density at radius 3 is 2.65 bits per heavy atom. The molecule has 0 unspecified atom stereocenters. The molecular formula is C15H28N4O3S. The molecule has 2 saturated heterocycles. The summed E-state index contributed by atoms with van der Waals surface area (Å²) in [4.78, 5) is 2.29. The summed E-state index contributed by atoms with van der Waals surface area (Å²) in [5.41, 5.74) is 0. The van der Waals surface area contributed by atoms with E-state index in [0.29, 0.717) is 6.54 Å². The first-order valence-electron chi connectivity index (χ1n) is 8.38. The Kier molecular flexibility index (Phi) is 6.80. The van der Waals surface area contributed by atoms with E-state index in [2.05, 4.69) is 11.0 Å². The fourth-order valence-corrected chi connectivity index (χ4v) is 4.92. The molecule has 0 aliphatic carbocycles. The highest BCUT2D eigenvalue weighted by molar-refractivity contribution is 7.86. The van der Waals surface area contributed by atoms with Crippen molar-refractivity contribution in [2.45, 2.75) is 32.2 Å². The SMILES string of the molecule is C[C@H](C#N)CN(C)S(=O)(=O)N1CCCC[C@@H]1CN1CCOCC1. The normalized spacial score (nSPS) is 26.1. The maximum absolute atomic E-state index is 12.9. The van der Waals surface area contributed by atoms with Gasteiger partial charge in [0.2, 0.25) is 0 Å². The smallest absolute Gasteiger partial charge is 0.282 e. The summed E-state index contributed by atoms with van der Waals surface area (Å²) in [5, 5.41) is 8.92. The molecule has 8 heteroatoms. The van der Waals surface area contributed by atoms with Crippen molar-refractivity contribution < 1.29 is 13.2 Å². The van der Waals surface area contributed by atoms with Gasteiger partial charge in [-0.25, -0.2) is 0 Å². The molecule has 2 heterocycles. The Balaban J connectivity index is 2.05. The lowest BCUT2D eigenvalue weighted by Crippen LogP contribution is -2.54. The van der Waals surface area contributed by atoms with Gasteiger partial charge in [-0.05, 0) is 19.8 Å². The van der Waals surface area contributed by atoms with E-state index >= 15 is 0 Å². The van der Waals surface area contributed by atoms with Gasteiger partial charge in [0.25, 0.3) is 10.2 Å². The fourth-order valence-electron chi connectivity index (χ4n) is 3.24. The van der Waals surface area contributed by atoms with Crippen LogP contribution in [0.2, 0.25) is 0 Å². The highest BCUT2D eigenvalue weighted by Crippen LogP contribution is 2.23. The highest BCUT2D eigenvalue weighted by Gasteiger charge is 2.36. The van der Waals surface area contributed by atoms with Crippen LogP contribution in [0.1, 0.15) is 26.2 Å². The predicted molar refractivity (Wildman–Crippen MR) is 87.9 cm³/mol. The van der Waals surface area contributed by atoms with Crippen LogP contribution in [-0.2, 0) is 14.9 Å². The van der Waals surface area contributed by atoms with Gasteiger partial charge in [0.05, 0.1) is 25.2 Å². The number of morpholine rings is 1. The molecule has 2 atom stereocenters. The van der Waals surface area contributed by atoms with Gasteiger partial charge in [-0.15, -0.1) is 0 Å². The van der Waals surface area contributed by atoms with Crippen LogP contribution >= 0.6 is 0 Å². The molecule has 2 rings (SSSR count). The van der Waals surface area contributed by atoms with E-state index in [1.807, 2.05) is 0 Å². The lowest BCUT2D eigenvalue weighted by Gasteiger charge is -2.40. The Hall–Kier alpha value is -0.720. The van der Waals surface area contributed by atoms with Crippen LogP contribution in [0.4, 0.5) is 0 Å². The van der Waals surface area contributed by atoms with Gasteiger partial charge in [-0.1, -0.05) is 6.42 Å². The minimum Gasteiger partial charge on any atom is -0.379 e. The molecule has 0 bridgehead atoms. The van der Waals surface area contributed by atoms with Crippen molar-refractivity contribution in [3.05, 3.63) is 0 Å². The van der Waals surface area contributed by atoms with Gasteiger partial charge < -0.3 is 4.74 Å². The Morgan fingerprint density at radius 1 is 1.30 bits per heavy atom. The Bertz CT molecular complexity index is 513. The van der Waals surface area contributed by atoms with Crippen molar-refractivity contribution in [2.75, 3.05) is 53.0 Å². The molecule has 0 radical (unpaired) electrons. The van der Waals surface area contributed by atoms with Gasteiger partial charge >= 0.3 is 0 Å². The van der Waals surface area contributed by atoms with Crippen molar-refractivity contribution in [1.29, 1.82) is 5.26 Å². The van der Waals surface area contributed by atoms with Crippen LogP contribution in [0.25, 0.3) is 0 Å². The zero-order chi connectivity index (χ0) is 16.9. The Labute approximate surface area is 140 Å². The second-order valence-electron chi connectivity index (χ2n) is 6.49. The van der Waals surface area contributed by atoms with Crippen LogP contribution in [0, 0.1) is 17.2 Å². The molecule has 23 heavy (non-hydrogen) atoms. The van der Waals surface area contributed by atoms with E-state index in [0.717, 1.165) is 52.1 Å². The summed E-state index contributed by atoms with van der Waals surface area (Å²) >= 11 is 0. The van der Waals surface area contributed by atoms with Crippen molar-refractivity contribution >= 4 is 10.2 Å². The first kappa shape index (κ1) is 18.6. The van der Waals surface area contributed by atoms with Gasteiger partial charge in [-0.3, -0.25) is 4.90 Å². The van der Waals surface area contributed by atoms with Crippen LogP contribution in [-0.4, -0.2) is 81.0 Å². The average Bonchev–Trinajstić information content (AvgIpc) is 2.56. The number of rotatable bonds is 6. The van der Waals surface area contributed by atoms with Gasteiger partial charge in [-0.2, -0.15) is 22.3 Å². The average molecular weight is 344 g/mol. The molecule has 2 fully saturated rings. The summed E-state index contributed by atoms with van der Waals surface area (Å²) in [6, 6.07) is 2.12. The molecule has 0 aromatic carbocycles. The second kappa shape index (κ2) is 8.40. The zero-order valence-corrected chi connectivity index (χ0v) is 15.0. The molecule has 0 aromatic rings. The zero-order valence-electron chi connectivity index (χ0n) is 14.1. The number of ether oxygens (including phenoxy) is 1. The summed E-state index contributed by atoms with van der Waals surface area (Å²) in [6.07, 6.45) is 2.87. The summed E-state index contributed by atoms with van der Waals surface area (Å²) in [6.45, 7) is 6.50. The van der Waals surface area contributed by atoms with E-state index in [1.54, 1.807) is 18.3 Å². The van der Waals surface area contributed by atoms with E-state index < -0.39 is 10.2 Å². The number of nitriles is 1. The number of nitrogens with zero attached hydrogens (tertiary/aromatic N) is 4. The van der Waals surface area contributed by atoms with E-state index in [9.17, 15) is 8.42 Å². The molecular weight excluding hydrogens is 316 g/mol. The van der Waals surface area contributed by atoms with Crippen molar-refractivity contribution in [1.82, 2.24) is 13.5 Å². The third-order valence-corrected chi connectivity index (χ3v) is 6.60. The molecule has 7 nitrogen and oxygen atoms in total. The number of piperidine rings is 1.